The molecule has 0 bridgehead atoms. The summed E-state index contributed by atoms with van der Waals surface area (Å²) >= 11 is 0. The van der Waals surface area contributed by atoms with Crippen LogP contribution in [0.4, 0.5) is 10.1 Å². The van der Waals surface area contributed by atoms with E-state index in [4.69, 9.17) is 4.74 Å². The van der Waals surface area contributed by atoms with Gasteiger partial charge >= 0.3 is 0 Å². The van der Waals surface area contributed by atoms with E-state index in [1.54, 1.807) is 12.1 Å². The third-order valence-electron chi connectivity index (χ3n) is 6.64. The Hall–Kier alpha value is -1.21. The molecule has 4 aliphatic heterocycles. The number of anilines is 1. The third-order valence-corrected chi connectivity index (χ3v) is 6.64. The number of fused-ring (bicyclic) bond motifs is 2. The molecule has 5 atom stereocenters. The molecule has 0 amide bonds. The third kappa shape index (κ3) is 2.85. The Kier molecular flexibility index (Phi) is 4.16. The van der Waals surface area contributed by atoms with E-state index in [9.17, 15) is 4.39 Å². The van der Waals surface area contributed by atoms with Crippen molar-refractivity contribution < 1.29 is 9.13 Å². The number of piperidine rings is 1. The summed E-state index contributed by atoms with van der Waals surface area (Å²) in [6.07, 6.45) is 4.99. The fraction of sp³-hybridized carbons (Fsp3) is 0.684. The molecule has 0 spiro atoms. The monoisotopic (exact) mass is 346 g/mol. The van der Waals surface area contributed by atoms with Crippen molar-refractivity contribution in [3.63, 3.8) is 0 Å². The molecule has 6 heteroatoms. The van der Waals surface area contributed by atoms with Crippen molar-refractivity contribution in [1.82, 2.24) is 16.2 Å². The quantitative estimate of drug-likeness (QED) is 0.760. The molecule has 5 unspecified atom stereocenters. The number of ether oxygens (including phenoxy) is 1. The minimum Gasteiger partial charge on any atom is -0.381 e. The molecule has 5 nitrogen and oxygen atoms in total. The van der Waals surface area contributed by atoms with Crippen LogP contribution in [0.2, 0.25) is 0 Å². The Morgan fingerprint density at radius 3 is 2.60 bits per heavy atom. The maximum absolute atomic E-state index is 13.5. The second-order valence-corrected chi connectivity index (χ2v) is 7.98. The smallest absolute Gasteiger partial charge is 0.123 e. The van der Waals surface area contributed by atoms with E-state index < -0.39 is 0 Å². The summed E-state index contributed by atoms with van der Waals surface area (Å²) in [5.41, 5.74) is 7.84. The van der Waals surface area contributed by atoms with E-state index in [1.165, 1.54) is 12.1 Å². The molecule has 4 aliphatic rings. The molecule has 25 heavy (non-hydrogen) atoms. The second-order valence-electron chi connectivity index (χ2n) is 7.98. The van der Waals surface area contributed by atoms with Crippen molar-refractivity contribution >= 4 is 5.69 Å². The molecular formula is C19H27FN4O. The summed E-state index contributed by atoms with van der Waals surface area (Å²) in [5, 5.41) is 3.84. The fourth-order valence-electron chi connectivity index (χ4n) is 5.42. The maximum Gasteiger partial charge on any atom is 0.123 e. The lowest BCUT2D eigenvalue weighted by Gasteiger charge is -2.42. The van der Waals surface area contributed by atoms with Crippen LogP contribution < -0.4 is 21.1 Å². The zero-order valence-corrected chi connectivity index (χ0v) is 14.5. The Balaban J connectivity index is 1.46. The molecule has 0 aromatic heterocycles. The van der Waals surface area contributed by atoms with Crippen LogP contribution in [-0.4, -0.2) is 44.0 Å². The van der Waals surface area contributed by atoms with E-state index in [0.717, 1.165) is 39.0 Å². The number of hydrogen-bond donors (Lipinski definition) is 3. The first-order valence-electron chi connectivity index (χ1n) is 9.66. The van der Waals surface area contributed by atoms with Crippen LogP contribution >= 0.6 is 0 Å². The van der Waals surface area contributed by atoms with E-state index >= 15 is 0 Å². The van der Waals surface area contributed by atoms with E-state index in [1.807, 2.05) is 12.1 Å². The molecule has 1 aromatic carbocycles. The summed E-state index contributed by atoms with van der Waals surface area (Å²) in [6.45, 7) is 2.76. The zero-order valence-electron chi connectivity index (χ0n) is 14.5. The Bertz CT molecular complexity index is 606. The molecule has 4 heterocycles. The van der Waals surface area contributed by atoms with Gasteiger partial charge in [-0.3, -0.25) is 10.7 Å². The lowest BCUT2D eigenvalue weighted by molar-refractivity contribution is 0.0584. The summed E-state index contributed by atoms with van der Waals surface area (Å²) in [7, 11) is 0. The maximum atomic E-state index is 13.5. The Morgan fingerprint density at radius 1 is 1.00 bits per heavy atom. The van der Waals surface area contributed by atoms with Crippen molar-refractivity contribution in [2.45, 2.75) is 50.0 Å². The van der Waals surface area contributed by atoms with E-state index in [0.29, 0.717) is 36.1 Å². The average Bonchev–Trinajstić information content (AvgIpc) is 3.25. The molecule has 5 rings (SSSR count). The number of nitrogens with zero attached hydrogens (tertiary/aromatic N) is 1. The molecule has 3 N–H and O–H groups in total. The van der Waals surface area contributed by atoms with Gasteiger partial charge in [0.05, 0.1) is 6.17 Å². The molecule has 4 saturated heterocycles. The highest BCUT2D eigenvalue weighted by atomic mass is 19.1. The van der Waals surface area contributed by atoms with Gasteiger partial charge in [-0.05, 0) is 55.9 Å². The predicted octanol–water partition coefficient (Wildman–Crippen LogP) is 1.61. The summed E-state index contributed by atoms with van der Waals surface area (Å²) in [6, 6.07) is 8.61. The number of halogens is 1. The van der Waals surface area contributed by atoms with E-state index in [2.05, 4.69) is 21.1 Å². The van der Waals surface area contributed by atoms with Crippen LogP contribution in [0.1, 0.15) is 25.7 Å². The van der Waals surface area contributed by atoms with Gasteiger partial charge in [-0.2, -0.15) is 0 Å². The van der Waals surface area contributed by atoms with Crippen molar-refractivity contribution in [3.8, 4) is 0 Å². The minimum atomic E-state index is -0.159. The van der Waals surface area contributed by atoms with Crippen LogP contribution in [0, 0.1) is 17.7 Å². The summed E-state index contributed by atoms with van der Waals surface area (Å²) < 4.78 is 19.1. The number of hydrogen-bond acceptors (Lipinski definition) is 5. The molecule has 1 aromatic rings. The van der Waals surface area contributed by atoms with Crippen molar-refractivity contribution in [3.05, 3.63) is 30.1 Å². The van der Waals surface area contributed by atoms with Crippen LogP contribution in [-0.2, 0) is 4.74 Å². The highest BCUT2D eigenvalue weighted by Gasteiger charge is 2.50. The van der Waals surface area contributed by atoms with Gasteiger partial charge in [0.15, 0.2) is 0 Å². The molecule has 136 valence electrons. The van der Waals surface area contributed by atoms with Gasteiger partial charge in [-0.1, -0.05) is 0 Å². The van der Waals surface area contributed by atoms with Crippen LogP contribution in [0.25, 0.3) is 0 Å². The SMILES string of the molecule is Fc1ccc(N2C(C3CCOCC3)CC3NC4NNCC4CC32)cc1. The van der Waals surface area contributed by atoms with Crippen molar-refractivity contribution in [2.75, 3.05) is 24.7 Å². The van der Waals surface area contributed by atoms with Crippen LogP contribution in [0.15, 0.2) is 24.3 Å². The van der Waals surface area contributed by atoms with E-state index in [-0.39, 0.29) is 5.82 Å². The van der Waals surface area contributed by atoms with Crippen LogP contribution in [0.5, 0.6) is 0 Å². The molecule has 0 aliphatic carbocycles. The fourth-order valence-corrected chi connectivity index (χ4v) is 5.42. The predicted molar refractivity (Wildman–Crippen MR) is 94.6 cm³/mol. The molecular weight excluding hydrogens is 319 g/mol. The first-order chi connectivity index (χ1) is 12.3. The Labute approximate surface area is 148 Å². The first-order valence-corrected chi connectivity index (χ1v) is 9.66. The molecule has 0 radical (unpaired) electrons. The van der Waals surface area contributed by atoms with Gasteiger partial charge in [-0.15, -0.1) is 0 Å². The number of hydrazine groups is 1. The van der Waals surface area contributed by atoms with Crippen molar-refractivity contribution in [1.29, 1.82) is 0 Å². The topological polar surface area (TPSA) is 48.6 Å². The minimum absolute atomic E-state index is 0.159. The zero-order chi connectivity index (χ0) is 16.8. The molecule has 4 fully saturated rings. The second kappa shape index (κ2) is 6.50. The number of nitrogens with one attached hydrogen (secondary N) is 3. The van der Waals surface area contributed by atoms with Gasteiger partial charge in [-0.25, -0.2) is 9.82 Å². The van der Waals surface area contributed by atoms with Crippen LogP contribution in [0.3, 0.4) is 0 Å². The van der Waals surface area contributed by atoms with Gasteiger partial charge in [0.2, 0.25) is 0 Å². The molecule has 0 saturated carbocycles. The van der Waals surface area contributed by atoms with Gasteiger partial charge in [0, 0.05) is 49.5 Å². The highest BCUT2D eigenvalue weighted by molar-refractivity contribution is 5.51. The average molecular weight is 346 g/mol. The summed E-state index contributed by atoms with van der Waals surface area (Å²) in [5.74, 6) is 1.11. The number of rotatable bonds is 2. The lowest BCUT2D eigenvalue weighted by atomic mass is 9.87. The largest absolute Gasteiger partial charge is 0.381 e. The normalized spacial score (nSPS) is 38.6. The van der Waals surface area contributed by atoms with Gasteiger partial charge in [0.25, 0.3) is 0 Å². The Morgan fingerprint density at radius 2 is 1.80 bits per heavy atom. The highest BCUT2D eigenvalue weighted by Crippen LogP contribution is 2.42. The lowest BCUT2D eigenvalue weighted by Crippen LogP contribution is -2.58. The van der Waals surface area contributed by atoms with Gasteiger partial charge < -0.3 is 9.64 Å². The summed E-state index contributed by atoms with van der Waals surface area (Å²) in [4.78, 5) is 2.61. The standard InChI is InChI=1S/C19H27FN4O/c20-14-1-3-15(4-2-14)24-17(12-5-7-25-8-6-12)10-16-18(24)9-13-11-21-23-19(13)22-16/h1-4,12-13,16-19,21-23H,5-11H2. The van der Waals surface area contributed by atoms with Crippen molar-refractivity contribution in [2.24, 2.45) is 11.8 Å². The number of benzene rings is 1. The van der Waals surface area contributed by atoms with Gasteiger partial charge in [0.1, 0.15) is 5.82 Å². The first kappa shape index (κ1) is 16.0.